The van der Waals surface area contributed by atoms with Crippen molar-refractivity contribution < 1.29 is 9.90 Å². The quantitative estimate of drug-likeness (QED) is 0.386. The summed E-state index contributed by atoms with van der Waals surface area (Å²) in [5.41, 5.74) is 3.12. The molecule has 2 nitrogen and oxygen atoms in total. The number of hydrogen-bond acceptors (Lipinski definition) is 2. The summed E-state index contributed by atoms with van der Waals surface area (Å²) in [6.45, 7) is 15.4. The van der Waals surface area contributed by atoms with Crippen molar-refractivity contribution in [1.82, 2.24) is 0 Å². The van der Waals surface area contributed by atoms with Crippen molar-refractivity contribution in [1.29, 1.82) is 0 Å². The maximum absolute atomic E-state index is 9.49. The summed E-state index contributed by atoms with van der Waals surface area (Å²) in [6, 6.07) is 29.3. The molecule has 0 aliphatic heterocycles. The number of carboxylic acids is 1. The molecule has 0 aliphatic carbocycles. The first-order valence-corrected chi connectivity index (χ1v) is 12.9. The van der Waals surface area contributed by atoms with Gasteiger partial charge in [-0.1, -0.05) is 97.4 Å². The number of carbonyl (C=O) groups is 1. The van der Waals surface area contributed by atoms with Crippen LogP contribution in [0.2, 0.25) is 0 Å². The SMILES string of the molecule is CC(C)(C)c1ccc([S+](c2ccccc2)c2ccc(C(C)(C)C)cc2)cc1.CCCC(=O)[O-]. The highest BCUT2D eigenvalue weighted by Crippen LogP contribution is 2.34. The molecule has 0 aliphatic rings. The number of benzene rings is 3. The van der Waals surface area contributed by atoms with Crippen LogP contribution in [0.5, 0.6) is 0 Å². The molecule has 3 aromatic rings. The fraction of sp³-hybridized carbons (Fsp3) is 0.367. The number of carbonyl (C=O) groups excluding carboxylic acids is 1. The molecule has 0 N–H and O–H groups in total. The Morgan fingerprint density at radius 1 is 0.667 bits per heavy atom. The van der Waals surface area contributed by atoms with Crippen LogP contribution in [-0.4, -0.2) is 5.97 Å². The van der Waals surface area contributed by atoms with Crippen LogP contribution in [0.3, 0.4) is 0 Å². The van der Waals surface area contributed by atoms with Gasteiger partial charge in [0.1, 0.15) is 0 Å². The fourth-order valence-electron chi connectivity index (χ4n) is 3.35. The van der Waals surface area contributed by atoms with Gasteiger partial charge in [0, 0.05) is 5.97 Å². The monoisotopic (exact) mass is 462 g/mol. The maximum atomic E-state index is 9.49. The molecule has 0 saturated carbocycles. The molecule has 0 saturated heterocycles. The summed E-state index contributed by atoms with van der Waals surface area (Å²) in [5.74, 6) is -0.961. The Balaban J connectivity index is 0.000000569. The summed E-state index contributed by atoms with van der Waals surface area (Å²) >= 11 is 0. The molecule has 33 heavy (non-hydrogen) atoms. The van der Waals surface area contributed by atoms with Crippen LogP contribution < -0.4 is 5.11 Å². The van der Waals surface area contributed by atoms with E-state index in [0.717, 1.165) is 0 Å². The molecular formula is C30H38O2S. The van der Waals surface area contributed by atoms with Crippen LogP contribution in [0.15, 0.2) is 93.5 Å². The van der Waals surface area contributed by atoms with Crippen molar-refractivity contribution in [3.8, 4) is 0 Å². The highest BCUT2D eigenvalue weighted by atomic mass is 32.2. The molecule has 0 bridgehead atoms. The largest absolute Gasteiger partial charge is 0.550 e. The molecule has 176 valence electrons. The third-order valence-corrected chi connectivity index (χ3v) is 7.58. The highest BCUT2D eigenvalue weighted by Gasteiger charge is 2.29. The predicted molar refractivity (Wildman–Crippen MR) is 139 cm³/mol. The van der Waals surface area contributed by atoms with Gasteiger partial charge in [-0.15, -0.1) is 0 Å². The highest BCUT2D eigenvalue weighted by molar-refractivity contribution is 7.97. The van der Waals surface area contributed by atoms with Gasteiger partial charge in [-0.3, -0.25) is 0 Å². The van der Waals surface area contributed by atoms with E-state index in [1.54, 1.807) is 6.92 Å². The summed E-state index contributed by atoms with van der Waals surface area (Å²) in [5, 5.41) is 9.49. The second kappa shape index (κ2) is 11.6. The van der Waals surface area contributed by atoms with E-state index in [9.17, 15) is 9.90 Å². The van der Waals surface area contributed by atoms with Crippen LogP contribution in [0.4, 0.5) is 0 Å². The molecule has 3 rings (SSSR count). The maximum Gasteiger partial charge on any atom is 0.166 e. The van der Waals surface area contributed by atoms with E-state index in [1.165, 1.54) is 25.8 Å². The Morgan fingerprint density at radius 2 is 1.03 bits per heavy atom. The summed E-state index contributed by atoms with van der Waals surface area (Å²) in [7, 11) is -0.0847. The first kappa shape index (κ1) is 26.7. The molecule has 0 amide bonds. The molecular weight excluding hydrogens is 424 g/mol. The second-order valence-electron chi connectivity index (χ2n) is 10.3. The van der Waals surface area contributed by atoms with Gasteiger partial charge >= 0.3 is 0 Å². The van der Waals surface area contributed by atoms with E-state index < -0.39 is 5.97 Å². The Labute approximate surface area is 203 Å². The number of rotatable bonds is 5. The van der Waals surface area contributed by atoms with Crippen LogP contribution in [0.25, 0.3) is 0 Å². The van der Waals surface area contributed by atoms with E-state index in [-0.39, 0.29) is 28.1 Å². The first-order chi connectivity index (χ1) is 15.4. The lowest BCUT2D eigenvalue weighted by molar-refractivity contribution is -0.305. The van der Waals surface area contributed by atoms with Gasteiger partial charge in [0.25, 0.3) is 0 Å². The van der Waals surface area contributed by atoms with E-state index >= 15 is 0 Å². The summed E-state index contributed by atoms with van der Waals surface area (Å²) in [4.78, 5) is 13.6. The average molecular weight is 463 g/mol. The molecule has 0 radical (unpaired) electrons. The lowest BCUT2D eigenvalue weighted by Crippen LogP contribution is -2.20. The van der Waals surface area contributed by atoms with E-state index in [1.807, 2.05) is 0 Å². The summed E-state index contributed by atoms with van der Waals surface area (Å²) in [6.07, 6.45) is 0.850. The van der Waals surface area contributed by atoms with Crippen LogP contribution in [0, 0.1) is 0 Å². The van der Waals surface area contributed by atoms with Gasteiger partial charge in [0.2, 0.25) is 0 Å². The molecule has 0 heterocycles. The van der Waals surface area contributed by atoms with E-state index in [2.05, 4.69) is 120 Å². The smallest absolute Gasteiger partial charge is 0.166 e. The van der Waals surface area contributed by atoms with E-state index in [4.69, 9.17) is 0 Å². The number of carboxylic acid groups (broad SMARTS) is 1. The third-order valence-electron chi connectivity index (χ3n) is 5.35. The zero-order valence-corrected chi connectivity index (χ0v) is 22.0. The minimum absolute atomic E-state index is 0.0847. The van der Waals surface area contributed by atoms with Crippen LogP contribution in [-0.2, 0) is 26.5 Å². The first-order valence-electron chi connectivity index (χ1n) is 11.6. The Hall–Kier alpha value is -2.52. The Kier molecular flexibility index (Phi) is 9.36. The second-order valence-corrected chi connectivity index (χ2v) is 12.3. The minimum Gasteiger partial charge on any atom is -0.550 e. The standard InChI is InChI=1S/C26H31S.C4H8O2/c1-25(2,3)20-12-16-23(17-13-20)27(22-10-8-7-9-11-22)24-18-14-21(15-19-24)26(4,5)6;1-2-3-4(5)6/h7-19H,1-6H3;2-3H2,1H3,(H,5,6)/q+1;/p-1. The van der Waals surface area contributed by atoms with Crippen LogP contribution >= 0.6 is 0 Å². The van der Waals surface area contributed by atoms with Crippen molar-refractivity contribution in [3.63, 3.8) is 0 Å². The van der Waals surface area contributed by atoms with Gasteiger partial charge in [-0.2, -0.15) is 0 Å². The van der Waals surface area contributed by atoms with Crippen molar-refractivity contribution in [3.05, 3.63) is 90.0 Å². The zero-order chi connectivity index (χ0) is 24.6. The fourth-order valence-corrected chi connectivity index (χ4v) is 5.41. The van der Waals surface area contributed by atoms with Crippen molar-refractivity contribution in [2.75, 3.05) is 0 Å². The lowest BCUT2D eigenvalue weighted by atomic mass is 9.87. The number of aliphatic carboxylic acids is 1. The molecule has 3 aromatic carbocycles. The Bertz CT molecular complexity index is 935. The molecule has 3 heteroatoms. The molecule has 0 spiro atoms. The normalized spacial score (nSPS) is 11.6. The number of hydrogen-bond donors (Lipinski definition) is 0. The lowest BCUT2D eigenvalue weighted by Gasteiger charge is -2.20. The zero-order valence-electron chi connectivity index (χ0n) is 21.1. The molecule has 0 aromatic heterocycles. The third kappa shape index (κ3) is 8.08. The minimum atomic E-state index is -0.961. The van der Waals surface area contributed by atoms with E-state index in [0.29, 0.717) is 6.42 Å². The average Bonchev–Trinajstić information content (AvgIpc) is 2.75. The van der Waals surface area contributed by atoms with Gasteiger partial charge in [-0.05, 0) is 64.8 Å². The summed E-state index contributed by atoms with van der Waals surface area (Å²) < 4.78 is 0. The van der Waals surface area contributed by atoms with Crippen molar-refractivity contribution in [2.45, 2.75) is 86.8 Å². The topological polar surface area (TPSA) is 40.1 Å². The van der Waals surface area contributed by atoms with Crippen molar-refractivity contribution in [2.24, 2.45) is 0 Å². The van der Waals surface area contributed by atoms with Gasteiger partial charge < -0.3 is 9.90 Å². The van der Waals surface area contributed by atoms with Gasteiger partial charge in [-0.25, -0.2) is 0 Å². The van der Waals surface area contributed by atoms with Crippen molar-refractivity contribution >= 4 is 16.9 Å². The molecule has 0 fully saturated rings. The predicted octanol–water partition coefficient (Wildman–Crippen LogP) is 6.91. The molecule has 0 unspecified atom stereocenters. The van der Waals surface area contributed by atoms with Crippen LogP contribution in [0.1, 0.15) is 72.4 Å². The Morgan fingerprint density at radius 3 is 1.30 bits per heavy atom. The van der Waals surface area contributed by atoms with Gasteiger partial charge in [0.15, 0.2) is 14.7 Å². The van der Waals surface area contributed by atoms with Gasteiger partial charge in [0.05, 0.1) is 10.9 Å². The molecule has 0 atom stereocenters.